The number of esters is 1. The fraction of sp³-hybridized carbons (Fsp3) is 0.130. The van der Waals surface area contributed by atoms with Gasteiger partial charge in [-0.1, -0.05) is 29.8 Å². The normalized spacial score (nSPS) is 11.3. The second-order valence-corrected chi connectivity index (χ2v) is 9.03. The minimum atomic E-state index is -4.06. The molecule has 0 aliphatic rings. The van der Waals surface area contributed by atoms with Crippen LogP contribution in [0.2, 0.25) is 0 Å². The first kappa shape index (κ1) is 24.4. The molecule has 3 rings (SSSR count). The van der Waals surface area contributed by atoms with E-state index in [1.807, 2.05) is 13.0 Å². The zero-order valence-corrected chi connectivity index (χ0v) is 19.4. The lowest BCUT2D eigenvalue weighted by Crippen LogP contribution is -2.14. The Balaban J connectivity index is 1.80. The summed E-state index contributed by atoms with van der Waals surface area (Å²) in [4.78, 5) is 22.1. The van der Waals surface area contributed by atoms with E-state index in [9.17, 15) is 23.3 Å². The lowest BCUT2D eigenvalue weighted by Gasteiger charge is -2.12. The number of nitro groups is 1. The van der Waals surface area contributed by atoms with Gasteiger partial charge in [0.1, 0.15) is 5.69 Å². The Bertz CT molecular complexity index is 1370. The van der Waals surface area contributed by atoms with Crippen LogP contribution in [0.5, 0.6) is 0 Å². The number of anilines is 2. The molecule has 0 radical (unpaired) electrons. The average Bonchev–Trinajstić information content (AvgIpc) is 2.80. The predicted octanol–water partition coefficient (Wildman–Crippen LogP) is 4.25. The lowest BCUT2D eigenvalue weighted by atomic mass is 10.1. The number of ether oxygens (including phenoxy) is 1. The van der Waals surface area contributed by atoms with Crippen LogP contribution in [0.25, 0.3) is 0 Å². The van der Waals surface area contributed by atoms with Gasteiger partial charge in [0, 0.05) is 6.07 Å². The molecule has 0 fully saturated rings. The number of hydrazone groups is 1. The van der Waals surface area contributed by atoms with Gasteiger partial charge >= 0.3 is 5.97 Å². The van der Waals surface area contributed by atoms with Crippen molar-refractivity contribution >= 4 is 39.3 Å². The minimum absolute atomic E-state index is 0.0119. The molecule has 0 unspecified atom stereocenters. The van der Waals surface area contributed by atoms with Crippen LogP contribution < -0.4 is 10.1 Å². The number of carbonyl (C=O) groups excluding carboxylic acids is 1. The molecule has 2 N–H and O–H groups in total. The van der Waals surface area contributed by atoms with Crippen LogP contribution in [0.15, 0.2) is 70.7 Å². The van der Waals surface area contributed by atoms with Crippen molar-refractivity contribution < 1.29 is 22.9 Å². The summed E-state index contributed by atoms with van der Waals surface area (Å²) < 4.78 is 32.7. The molecule has 34 heavy (non-hydrogen) atoms. The highest BCUT2D eigenvalue weighted by atomic mass is 32.2. The van der Waals surface area contributed by atoms with Crippen molar-refractivity contribution in [1.29, 1.82) is 0 Å². The van der Waals surface area contributed by atoms with Gasteiger partial charge in [0.25, 0.3) is 15.7 Å². The molecule has 0 aromatic heterocycles. The maximum atomic E-state index is 12.8. The van der Waals surface area contributed by atoms with Gasteiger partial charge in [-0.3, -0.25) is 20.3 Å². The van der Waals surface area contributed by atoms with Crippen LogP contribution in [0, 0.1) is 24.0 Å². The summed E-state index contributed by atoms with van der Waals surface area (Å²) in [5.74, 6) is -0.473. The van der Waals surface area contributed by atoms with E-state index in [1.54, 1.807) is 43.3 Å². The van der Waals surface area contributed by atoms with Crippen LogP contribution in [0.1, 0.15) is 27.0 Å². The Morgan fingerprint density at radius 2 is 1.71 bits per heavy atom. The molecular weight excluding hydrogens is 460 g/mol. The number of hydrogen-bond donors (Lipinski definition) is 2. The third kappa shape index (κ3) is 5.75. The number of nitro benzene ring substituents is 1. The predicted molar refractivity (Wildman–Crippen MR) is 129 cm³/mol. The maximum absolute atomic E-state index is 12.8. The molecule has 176 valence electrons. The molecule has 0 bridgehead atoms. The van der Waals surface area contributed by atoms with Gasteiger partial charge in [-0.2, -0.15) is 5.10 Å². The van der Waals surface area contributed by atoms with Crippen LogP contribution in [0.4, 0.5) is 17.1 Å². The van der Waals surface area contributed by atoms with Crippen molar-refractivity contribution in [3.05, 3.63) is 93.0 Å². The van der Waals surface area contributed by atoms with E-state index in [4.69, 9.17) is 0 Å². The van der Waals surface area contributed by atoms with Crippen LogP contribution >= 0.6 is 0 Å². The first-order valence-corrected chi connectivity index (χ1v) is 11.4. The van der Waals surface area contributed by atoms with Gasteiger partial charge < -0.3 is 4.74 Å². The molecule has 10 nitrogen and oxygen atoms in total. The number of sulfonamides is 1. The quantitative estimate of drug-likeness (QED) is 0.212. The zero-order chi connectivity index (χ0) is 24.9. The zero-order valence-electron chi connectivity index (χ0n) is 18.6. The monoisotopic (exact) mass is 482 g/mol. The molecule has 0 aliphatic heterocycles. The summed E-state index contributed by atoms with van der Waals surface area (Å²) in [7, 11) is -2.77. The van der Waals surface area contributed by atoms with Gasteiger partial charge in [-0.25, -0.2) is 13.2 Å². The van der Waals surface area contributed by atoms with Gasteiger partial charge in [0.15, 0.2) is 0 Å². The molecule has 0 amide bonds. The number of benzene rings is 3. The molecular formula is C23H22N4O6S. The Morgan fingerprint density at radius 1 is 1.03 bits per heavy atom. The van der Waals surface area contributed by atoms with Gasteiger partial charge in [-0.05, 0) is 55.3 Å². The van der Waals surface area contributed by atoms with Crippen LogP contribution in [0.3, 0.4) is 0 Å². The summed E-state index contributed by atoms with van der Waals surface area (Å²) >= 11 is 0. The fourth-order valence-electron chi connectivity index (χ4n) is 3.06. The van der Waals surface area contributed by atoms with Gasteiger partial charge in [0.05, 0.1) is 34.4 Å². The fourth-order valence-corrected chi connectivity index (χ4v) is 4.21. The number of methoxy groups -OCH3 is 1. The van der Waals surface area contributed by atoms with E-state index in [-0.39, 0.29) is 10.6 Å². The summed E-state index contributed by atoms with van der Waals surface area (Å²) in [5, 5.41) is 15.5. The first-order valence-electron chi connectivity index (χ1n) is 9.96. The molecule has 0 saturated carbocycles. The molecule has 0 heterocycles. The number of aryl methyl sites for hydroxylation is 2. The Morgan fingerprint density at radius 3 is 2.32 bits per heavy atom. The van der Waals surface area contributed by atoms with E-state index in [0.29, 0.717) is 16.8 Å². The summed E-state index contributed by atoms with van der Waals surface area (Å²) in [6, 6.07) is 15.1. The maximum Gasteiger partial charge on any atom is 0.337 e. The third-order valence-corrected chi connectivity index (χ3v) is 6.20. The van der Waals surface area contributed by atoms with Crippen molar-refractivity contribution in [2.45, 2.75) is 18.7 Å². The van der Waals surface area contributed by atoms with Crippen molar-refractivity contribution in [1.82, 2.24) is 0 Å². The van der Waals surface area contributed by atoms with Crippen molar-refractivity contribution in [2.75, 3.05) is 17.3 Å². The smallest absolute Gasteiger partial charge is 0.337 e. The first-order chi connectivity index (χ1) is 16.1. The Labute approximate surface area is 196 Å². The van der Waals surface area contributed by atoms with E-state index in [0.717, 1.165) is 17.2 Å². The second-order valence-electron chi connectivity index (χ2n) is 7.34. The highest BCUT2D eigenvalue weighted by Crippen LogP contribution is 2.29. The average molecular weight is 483 g/mol. The summed E-state index contributed by atoms with van der Waals surface area (Å²) in [6.45, 7) is 3.65. The van der Waals surface area contributed by atoms with Crippen molar-refractivity contribution in [3.63, 3.8) is 0 Å². The van der Waals surface area contributed by atoms with E-state index in [1.165, 1.54) is 25.5 Å². The number of nitrogens with zero attached hydrogens (tertiary/aromatic N) is 2. The van der Waals surface area contributed by atoms with Gasteiger partial charge in [0.2, 0.25) is 0 Å². The molecule has 3 aromatic rings. The van der Waals surface area contributed by atoms with Crippen molar-refractivity contribution in [3.8, 4) is 0 Å². The van der Waals surface area contributed by atoms with Crippen LogP contribution in [-0.2, 0) is 14.8 Å². The van der Waals surface area contributed by atoms with Crippen LogP contribution in [-0.4, -0.2) is 32.6 Å². The summed E-state index contributed by atoms with van der Waals surface area (Å²) in [6.07, 6.45) is 1.40. The number of nitrogens with one attached hydrogen (secondary N) is 2. The molecule has 3 aromatic carbocycles. The number of rotatable bonds is 8. The Kier molecular flexibility index (Phi) is 7.27. The topological polar surface area (TPSA) is 140 Å². The van der Waals surface area contributed by atoms with E-state index >= 15 is 0 Å². The molecule has 0 atom stereocenters. The minimum Gasteiger partial charge on any atom is -0.465 e. The molecule has 0 saturated heterocycles. The van der Waals surface area contributed by atoms with Gasteiger partial charge in [-0.15, -0.1) is 0 Å². The largest absolute Gasteiger partial charge is 0.465 e. The van der Waals surface area contributed by atoms with E-state index < -0.39 is 26.6 Å². The molecule has 0 spiro atoms. The lowest BCUT2D eigenvalue weighted by molar-refractivity contribution is -0.384. The third-order valence-electron chi connectivity index (χ3n) is 4.83. The second kappa shape index (κ2) is 10.1. The Hall–Kier alpha value is -4.25. The SMILES string of the molecule is COC(=O)c1ccc(/C=N/Nc2ccc(S(=O)(=O)Nc3ccc(C)cc3C)cc2[N+](=O)[O-])cc1. The standard InChI is InChI=1S/C23H22N4O6S/c1-15-4-10-20(16(2)12-15)26-34(31,32)19-9-11-21(22(13-19)27(29)30)25-24-14-17-5-7-18(8-6-17)23(28)33-3/h4-14,25-26H,1-3H3/b24-14+. The highest BCUT2D eigenvalue weighted by Gasteiger charge is 2.22. The molecule has 0 aliphatic carbocycles. The van der Waals surface area contributed by atoms with Crippen molar-refractivity contribution in [2.24, 2.45) is 5.10 Å². The number of carbonyl (C=O) groups is 1. The summed E-state index contributed by atoms with van der Waals surface area (Å²) in [5.41, 5.74) is 5.20. The molecule has 11 heteroatoms. The van der Waals surface area contributed by atoms with E-state index in [2.05, 4.69) is 20.0 Å². The highest BCUT2D eigenvalue weighted by molar-refractivity contribution is 7.92. The number of hydrogen-bond acceptors (Lipinski definition) is 8.